The van der Waals surface area contributed by atoms with E-state index in [1.165, 1.54) is 24.4 Å². The molecule has 0 spiro atoms. The van der Waals surface area contributed by atoms with Crippen molar-refractivity contribution < 1.29 is 19.0 Å². The summed E-state index contributed by atoms with van der Waals surface area (Å²) in [5.74, 6) is -1.32. The van der Waals surface area contributed by atoms with Crippen molar-refractivity contribution >= 4 is 5.97 Å². The lowest BCUT2D eigenvalue weighted by atomic mass is 10.2. The van der Waals surface area contributed by atoms with Gasteiger partial charge in [0, 0.05) is 12.3 Å². The van der Waals surface area contributed by atoms with Gasteiger partial charge in [0.05, 0.1) is 5.56 Å². The third-order valence-corrected chi connectivity index (χ3v) is 2.09. The number of carboxylic acid groups (broad SMARTS) is 1. The highest BCUT2D eigenvalue weighted by atomic mass is 19.1. The van der Waals surface area contributed by atoms with E-state index in [2.05, 4.69) is 9.97 Å². The predicted octanol–water partition coefficient (Wildman–Crippen LogP) is 1.75. The summed E-state index contributed by atoms with van der Waals surface area (Å²) in [6.07, 6.45) is 1.38. The second kappa shape index (κ2) is 5.22. The Morgan fingerprint density at radius 2 is 2.11 bits per heavy atom. The second-order valence-electron chi connectivity index (χ2n) is 3.38. The minimum Gasteiger partial charge on any atom is -0.479 e. The average molecular weight is 248 g/mol. The number of carbonyl (C=O) groups is 1. The molecule has 0 unspecified atom stereocenters. The zero-order valence-corrected chi connectivity index (χ0v) is 9.21. The number of hydrogen-bond donors (Lipinski definition) is 1. The molecular weight excluding hydrogens is 239 g/mol. The maximum atomic E-state index is 13.5. The van der Waals surface area contributed by atoms with Crippen LogP contribution in [0.5, 0.6) is 5.88 Å². The van der Waals surface area contributed by atoms with Crippen LogP contribution in [-0.4, -0.2) is 27.7 Å². The highest BCUT2D eigenvalue weighted by Gasteiger charge is 2.08. The lowest BCUT2D eigenvalue weighted by Crippen LogP contribution is -2.10. The molecule has 0 fully saturated rings. The third kappa shape index (κ3) is 2.79. The number of benzene rings is 1. The molecule has 1 heterocycles. The Hall–Kier alpha value is -2.50. The van der Waals surface area contributed by atoms with Crippen LogP contribution in [0.2, 0.25) is 0 Å². The van der Waals surface area contributed by atoms with Crippen LogP contribution in [0.4, 0.5) is 4.39 Å². The summed E-state index contributed by atoms with van der Waals surface area (Å²) in [6, 6.07) is 7.46. The smallest absolute Gasteiger partial charge is 0.341 e. The topological polar surface area (TPSA) is 72.3 Å². The molecule has 0 saturated carbocycles. The third-order valence-electron chi connectivity index (χ3n) is 2.09. The maximum Gasteiger partial charge on any atom is 0.341 e. The van der Waals surface area contributed by atoms with Crippen LogP contribution >= 0.6 is 0 Å². The molecule has 0 aliphatic heterocycles. The van der Waals surface area contributed by atoms with Crippen LogP contribution < -0.4 is 4.74 Å². The zero-order valence-electron chi connectivity index (χ0n) is 9.21. The monoisotopic (exact) mass is 248 g/mol. The number of halogens is 1. The first-order valence-electron chi connectivity index (χ1n) is 5.09. The van der Waals surface area contributed by atoms with E-state index in [0.717, 1.165) is 0 Å². The van der Waals surface area contributed by atoms with Crippen LogP contribution in [0.3, 0.4) is 0 Å². The number of nitrogens with zero attached hydrogens (tertiary/aromatic N) is 2. The summed E-state index contributed by atoms with van der Waals surface area (Å²) in [6.45, 7) is -0.506. The van der Waals surface area contributed by atoms with Crippen molar-refractivity contribution in [3.05, 3.63) is 42.3 Å². The van der Waals surface area contributed by atoms with E-state index >= 15 is 0 Å². The molecule has 0 amide bonds. The van der Waals surface area contributed by atoms with Gasteiger partial charge in [-0.2, -0.15) is 4.98 Å². The van der Waals surface area contributed by atoms with Gasteiger partial charge in [0.1, 0.15) is 5.82 Å². The maximum absolute atomic E-state index is 13.5. The van der Waals surface area contributed by atoms with Crippen molar-refractivity contribution in [3.8, 4) is 17.3 Å². The first-order chi connectivity index (χ1) is 8.66. The Kier molecular flexibility index (Phi) is 3.47. The highest BCUT2D eigenvalue weighted by molar-refractivity contribution is 5.68. The van der Waals surface area contributed by atoms with Gasteiger partial charge in [0.15, 0.2) is 12.4 Å². The molecule has 2 aromatic rings. The van der Waals surface area contributed by atoms with E-state index in [0.29, 0.717) is 0 Å². The molecule has 0 atom stereocenters. The van der Waals surface area contributed by atoms with E-state index < -0.39 is 18.4 Å². The van der Waals surface area contributed by atoms with Gasteiger partial charge in [-0.3, -0.25) is 0 Å². The molecule has 0 saturated heterocycles. The van der Waals surface area contributed by atoms with Gasteiger partial charge in [0.25, 0.3) is 0 Å². The number of aromatic nitrogens is 2. The zero-order chi connectivity index (χ0) is 13.0. The first kappa shape index (κ1) is 12.0. The lowest BCUT2D eigenvalue weighted by Gasteiger charge is -2.04. The van der Waals surface area contributed by atoms with Gasteiger partial charge < -0.3 is 9.84 Å². The fourth-order valence-corrected chi connectivity index (χ4v) is 1.33. The molecule has 1 aromatic heterocycles. The van der Waals surface area contributed by atoms with E-state index in [1.807, 2.05) is 0 Å². The van der Waals surface area contributed by atoms with E-state index in [9.17, 15) is 9.18 Å². The predicted molar refractivity (Wildman–Crippen MR) is 60.6 cm³/mol. The fourth-order valence-electron chi connectivity index (χ4n) is 1.33. The quantitative estimate of drug-likeness (QED) is 0.892. The molecule has 1 aromatic carbocycles. The van der Waals surface area contributed by atoms with E-state index in [4.69, 9.17) is 9.84 Å². The van der Waals surface area contributed by atoms with Gasteiger partial charge in [-0.05, 0) is 12.1 Å². The standard InChI is InChI=1S/C12H9FN2O3/c13-9-4-2-1-3-8(9)12-14-6-5-10(15-12)18-7-11(16)17/h1-6H,7H2,(H,16,17). The van der Waals surface area contributed by atoms with Crippen LogP contribution in [0.25, 0.3) is 11.4 Å². The molecule has 2 rings (SSSR count). The molecule has 5 nitrogen and oxygen atoms in total. The van der Waals surface area contributed by atoms with Crippen molar-refractivity contribution in [1.29, 1.82) is 0 Å². The summed E-state index contributed by atoms with van der Waals surface area (Å²) in [5, 5.41) is 8.48. The minimum absolute atomic E-state index is 0.0886. The lowest BCUT2D eigenvalue weighted by molar-refractivity contribution is -0.139. The molecule has 1 N–H and O–H groups in total. The fraction of sp³-hybridized carbons (Fsp3) is 0.0833. The van der Waals surface area contributed by atoms with Crippen LogP contribution in [0.1, 0.15) is 0 Å². The summed E-state index contributed by atoms with van der Waals surface area (Å²) < 4.78 is 18.4. The molecule has 0 aliphatic rings. The van der Waals surface area contributed by atoms with E-state index in [-0.39, 0.29) is 17.3 Å². The van der Waals surface area contributed by atoms with E-state index in [1.54, 1.807) is 12.1 Å². The SMILES string of the molecule is O=C(O)COc1ccnc(-c2ccccc2F)n1. The Morgan fingerprint density at radius 1 is 1.33 bits per heavy atom. The van der Waals surface area contributed by atoms with Crippen LogP contribution in [0, 0.1) is 5.82 Å². The molecule has 6 heteroatoms. The Bertz CT molecular complexity index is 575. The van der Waals surface area contributed by atoms with Crippen molar-refractivity contribution in [3.63, 3.8) is 0 Å². The molecule has 92 valence electrons. The van der Waals surface area contributed by atoms with Gasteiger partial charge in [-0.25, -0.2) is 14.2 Å². The number of hydrogen-bond acceptors (Lipinski definition) is 4. The molecule has 0 bridgehead atoms. The van der Waals surface area contributed by atoms with Crippen molar-refractivity contribution in [2.75, 3.05) is 6.61 Å². The number of ether oxygens (including phenoxy) is 1. The number of aliphatic carboxylic acids is 1. The van der Waals surface area contributed by atoms with Gasteiger partial charge in [0.2, 0.25) is 5.88 Å². The highest BCUT2D eigenvalue weighted by Crippen LogP contribution is 2.20. The number of rotatable bonds is 4. The second-order valence-corrected chi connectivity index (χ2v) is 3.38. The minimum atomic E-state index is -1.11. The molecular formula is C12H9FN2O3. The normalized spacial score (nSPS) is 10.1. The van der Waals surface area contributed by atoms with Gasteiger partial charge >= 0.3 is 5.97 Å². The van der Waals surface area contributed by atoms with Gasteiger partial charge in [-0.15, -0.1) is 0 Å². The van der Waals surface area contributed by atoms with Crippen molar-refractivity contribution in [2.45, 2.75) is 0 Å². The summed E-state index contributed by atoms with van der Waals surface area (Å²) in [7, 11) is 0. The van der Waals surface area contributed by atoms with Crippen LogP contribution in [0.15, 0.2) is 36.5 Å². The van der Waals surface area contributed by atoms with Crippen molar-refractivity contribution in [2.24, 2.45) is 0 Å². The Morgan fingerprint density at radius 3 is 2.83 bits per heavy atom. The number of carboxylic acids is 1. The summed E-state index contributed by atoms with van der Waals surface area (Å²) in [5.41, 5.74) is 0.235. The summed E-state index contributed by atoms with van der Waals surface area (Å²) >= 11 is 0. The molecule has 0 radical (unpaired) electrons. The summed E-state index contributed by atoms with van der Waals surface area (Å²) in [4.78, 5) is 18.2. The first-order valence-corrected chi connectivity index (χ1v) is 5.09. The molecule has 18 heavy (non-hydrogen) atoms. The average Bonchev–Trinajstić information content (AvgIpc) is 2.37. The largest absolute Gasteiger partial charge is 0.479 e. The van der Waals surface area contributed by atoms with Crippen molar-refractivity contribution in [1.82, 2.24) is 9.97 Å². The van der Waals surface area contributed by atoms with Gasteiger partial charge in [-0.1, -0.05) is 12.1 Å². The Balaban J connectivity index is 2.27. The molecule has 0 aliphatic carbocycles. The van der Waals surface area contributed by atoms with Crippen LogP contribution in [-0.2, 0) is 4.79 Å². The Labute approximate surface area is 102 Å².